The van der Waals surface area contributed by atoms with E-state index in [2.05, 4.69) is 34.2 Å². The Bertz CT molecular complexity index is 357. The van der Waals surface area contributed by atoms with Crippen molar-refractivity contribution in [2.24, 2.45) is 0 Å². The first kappa shape index (κ1) is 14.6. The number of rotatable bonds is 7. The Labute approximate surface area is 116 Å². The molecule has 0 fully saturated rings. The number of benzene rings is 1. The van der Waals surface area contributed by atoms with E-state index in [1.54, 1.807) is 11.8 Å². The van der Waals surface area contributed by atoms with Gasteiger partial charge in [-0.3, -0.25) is 4.79 Å². The zero-order chi connectivity index (χ0) is 12.5. The van der Waals surface area contributed by atoms with Gasteiger partial charge in [0.1, 0.15) is 0 Å². The van der Waals surface area contributed by atoms with Crippen LogP contribution in [-0.4, -0.2) is 18.2 Å². The first-order chi connectivity index (χ1) is 8.24. The molecule has 1 aromatic rings. The molecule has 0 radical (unpaired) electrons. The van der Waals surface area contributed by atoms with Crippen LogP contribution in [0.3, 0.4) is 0 Å². The van der Waals surface area contributed by atoms with Gasteiger partial charge in [0.15, 0.2) is 0 Å². The van der Waals surface area contributed by atoms with Crippen molar-refractivity contribution in [3.05, 3.63) is 34.3 Å². The summed E-state index contributed by atoms with van der Waals surface area (Å²) in [7, 11) is 0. The highest BCUT2D eigenvalue weighted by molar-refractivity contribution is 9.10. The van der Waals surface area contributed by atoms with Crippen molar-refractivity contribution in [2.45, 2.75) is 25.5 Å². The summed E-state index contributed by atoms with van der Waals surface area (Å²) in [5, 5.41) is 2.91. The van der Waals surface area contributed by atoms with E-state index in [0.29, 0.717) is 5.75 Å². The molecule has 1 aromatic carbocycles. The van der Waals surface area contributed by atoms with Crippen molar-refractivity contribution < 1.29 is 4.79 Å². The molecule has 0 heterocycles. The molecule has 1 rings (SSSR count). The van der Waals surface area contributed by atoms with Crippen molar-refractivity contribution >= 4 is 33.6 Å². The Morgan fingerprint density at radius 3 is 2.88 bits per heavy atom. The SMILES string of the molecule is CCCCNC(=O)CSCc1ccccc1Br. The molecule has 0 aromatic heterocycles. The molecule has 0 unspecified atom stereocenters. The number of nitrogens with one attached hydrogen (secondary N) is 1. The summed E-state index contributed by atoms with van der Waals surface area (Å²) in [5.41, 5.74) is 1.24. The summed E-state index contributed by atoms with van der Waals surface area (Å²) >= 11 is 5.15. The number of carbonyl (C=O) groups excluding carboxylic acids is 1. The molecule has 1 N–H and O–H groups in total. The summed E-state index contributed by atoms with van der Waals surface area (Å²) in [6.07, 6.45) is 2.17. The predicted molar refractivity (Wildman–Crippen MR) is 78.2 cm³/mol. The first-order valence-corrected chi connectivity index (χ1v) is 7.76. The van der Waals surface area contributed by atoms with E-state index < -0.39 is 0 Å². The van der Waals surface area contributed by atoms with Crippen molar-refractivity contribution in [3.63, 3.8) is 0 Å². The molecule has 0 saturated heterocycles. The van der Waals surface area contributed by atoms with Crippen LogP contribution in [0.2, 0.25) is 0 Å². The predicted octanol–water partition coefficient (Wildman–Crippen LogP) is 3.60. The van der Waals surface area contributed by atoms with Gasteiger partial charge in [-0.2, -0.15) is 0 Å². The third kappa shape index (κ3) is 6.13. The van der Waals surface area contributed by atoms with E-state index in [0.717, 1.165) is 29.6 Å². The summed E-state index contributed by atoms with van der Waals surface area (Å²) in [4.78, 5) is 11.4. The van der Waals surface area contributed by atoms with Crippen molar-refractivity contribution in [3.8, 4) is 0 Å². The summed E-state index contributed by atoms with van der Waals surface area (Å²) in [5.74, 6) is 1.53. The minimum Gasteiger partial charge on any atom is -0.355 e. The molecule has 17 heavy (non-hydrogen) atoms. The zero-order valence-corrected chi connectivity index (χ0v) is 12.4. The third-order valence-corrected chi connectivity index (χ3v) is 4.06. The molecule has 94 valence electrons. The van der Waals surface area contributed by atoms with Gasteiger partial charge in [0, 0.05) is 16.8 Å². The number of halogens is 1. The zero-order valence-electron chi connectivity index (χ0n) is 10.0. The van der Waals surface area contributed by atoms with Crippen LogP contribution in [-0.2, 0) is 10.5 Å². The minimum absolute atomic E-state index is 0.135. The molecule has 0 atom stereocenters. The van der Waals surface area contributed by atoms with E-state index in [1.165, 1.54) is 5.56 Å². The molecule has 4 heteroatoms. The van der Waals surface area contributed by atoms with Gasteiger partial charge < -0.3 is 5.32 Å². The second-order valence-electron chi connectivity index (χ2n) is 3.79. The van der Waals surface area contributed by atoms with Crippen LogP contribution in [0.4, 0.5) is 0 Å². The lowest BCUT2D eigenvalue weighted by atomic mass is 10.2. The Kier molecular flexibility index (Phi) is 7.37. The molecule has 1 amide bonds. The van der Waals surface area contributed by atoms with E-state index >= 15 is 0 Å². The molecular weight excluding hydrogens is 298 g/mol. The topological polar surface area (TPSA) is 29.1 Å². The molecule has 0 saturated carbocycles. The standard InChI is InChI=1S/C13H18BrNOS/c1-2-3-8-15-13(16)10-17-9-11-6-4-5-7-12(11)14/h4-7H,2-3,8-10H2,1H3,(H,15,16). The molecule has 0 bridgehead atoms. The van der Waals surface area contributed by atoms with Gasteiger partial charge in [-0.25, -0.2) is 0 Å². The highest BCUT2D eigenvalue weighted by atomic mass is 79.9. The second kappa shape index (κ2) is 8.59. The smallest absolute Gasteiger partial charge is 0.230 e. The van der Waals surface area contributed by atoms with Crippen molar-refractivity contribution in [2.75, 3.05) is 12.3 Å². The van der Waals surface area contributed by atoms with Gasteiger partial charge in [0.2, 0.25) is 5.91 Å². The average Bonchev–Trinajstić information content (AvgIpc) is 2.32. The maximum atomic E-state index is 11.4. The Morgan fingerprint density at radius 1 is 1.41 bits per heavy atom. The van der Waals surface area contributed by atoms with Gasteiger partial charge in [-0.15, -0.1) is 11.8 Å². The van der Waals surface area contributed by atoms with Gasteiger partial charge in [-0.1, -0.05) is 47.5 Å². The molecule has 2 nitrogen and oxygen atoms in total. The lowest BCUT2D eigenvalue weighted by Gasteiger charge is -2.05. The maximum Gasteiger partial charge on any atom is 0.230 e. The van der Waals surface area contributed by atoms with E-state index in [-0.39, 0.29) is 5.91 Å². The minimum atomic E-state index is 0.135. The molecule has 0 aliphatic rings. The molecule has 0 aliphatic carbocycles. The Hall–Kier alpha value is -0.480. The number of hydrogen-bond acceptors (Lipinski definition) is 2. The van der Waals surface area contributed by atoms with Crippen molar-refractivity contribution in [1.82, 2.24) is 5.32 Å². The average molecular weight is 316 g/mol. The summed E-state index contributed by atoms with van der Waals surface area (Å²) < 4.78 is 1.11. The Balaban J connectivity index is 2.19. The van der Waals surface area contributed by atoms with Crippen LogP contribution in [0.1, 0.15) is 25.3 Å². The van der Waals surface area contributed by atoms with Crippen LogP contribution in [0.15, 0.2) is 28.7 Å². The fourth-order valence-corrected chi connectivity index (χ4v) is 2.80. The number of hydrogen-bond donors (Lipinski definition) is 1. The number of carbonyl (C=O) groups is 1. The summed E-state index contributed by atoms with van der Waals surface area (Å²) in [6, 6.07) is 8.11. The van der Waals surface area contributed by atoms with Crippen molar-refractivity contribution in [1.29, 1.82) is 0 Å². The normalized spacial score (nSPS) is 10.2. The van der Waals surface area contributed by atoms with Crippen LogP contribution in [0.5, 0.6) is 0 Å². The molecule has 0 aliphatic heterocycles. The highest BCUT2D eigenvalue weighted by Crippen LogP contribution is 2.20. The second-order valence-corrected chi connectivity index (χ2v) is 5.63. The van der Waals surface area contributed by atoms with Gasteiger partial charge in [0.25, 0.3) is 0 Å². The van der Waals surface area contributed by atoms with Crippen LogP contribution in [0, 0.1) is 0 Å². The molecular formula is C13H18BrNOS. The molecule has 0 spiro atoms. The number of thioether (sulfide) groups is 1. The fraction of sp³-hybridized carbons (Fsp3) is 0.462. The monoisotopic (exact) mass is 315 g/mol. The Morgan fingerprint density at radius 2 is 2.18 bits per heavy atom. The van der Waals surface area contributed by atoms with E-state index in [9.17, 15) is 4.79 Å². The number of unbranched alkanes of at least 4 members (excludes halogenated alkanes) is 1. The van der Waals surface area contributed by atoms with Gasteiger partial charge >= 0.3 is 0 Å². The highest BCUT2D eigenvalue weighted by Gasteiger charge is 2.02. The lowest BCUT2D eigenvalue weighted by molar-refractivity contribution is -0.118. The maximum absolute atomic E-state index is 11.4. The van der Waals surface area contributed by atoms with Gasteiger partial charge in [0.05, 0.1) is 5.75 Å². The van der Waals surface area contributed by atoms with Crippen LogP contribution in [0.25, 0.3) is 0 Å². The number of amides is 1. The van der Waals surface area contributed by atoms with E-state index in [1.807, 2.05) is 18.2 Å². The largest absolute Gasteiger partial charge is 0.355 e. The summed E-state index contributed by atoms with van der Waals surface area (Å²) in [6.45, 7) is 2.92. The fourth-order valence-electron chi connectivity index (χ4n) is 1.32. The van der Waals surface area contributed by atoms with E-state index in [4.69, 9.17) is 0 Å². The first-order valence-electron chi connectivity index (χ1n) is 5.82. The quantitative estimate of drug-likeness (QED) is 0.779. The lowest BCUT2D eigenvalue weighted by Crippen LogP contribution is -2.26. The van der Waals surface area contributed by atoms with Gasteiger partial charge in [-0.05, 0) is 18.1 Å². The van der Waals surface area contributed by atoms with Crippen LogP contribution < -0.4 is 5.32 Å². The van der Waals surface area contributed by atoms with Crippen LogP contribution >= 0.6 is 27.7 Å². The third-order valence-electron chi connectivity index (χ3n) is 2.30.